The van der Waals surface area contributed by atoms with E-state index >= 15 is 0 Å². The van der Waals surface area contributed by atoms with Gasteiger partial charge >= 0.3 is 0 Å². The van der Waals surface area contributed by atoms with Crippen molar-refractivity contribution in [1.82, 2.24) is 9.69 Å². The van der Waals surface area contributed by atoms with Gasteiger partial charge in [-0.1, -0.05) is 12.1 Å². The van der Waals surface area contributed by atoms with Crippen LogP contribution in [-0.4, -0.2) is 56.0 Å². The van der Waals surface area contributed by atoms with E-state index < -0.39 is 12.7 Å². The summed E-state index contributed by atoms with van der Waals surface area (Å²) in [6.45, 7) is -0.416. The number of nitrogens with zero attached hydrogens (tertiary/aromatic N) is 1. The first-order valence-corrected chi connectivity index (χ1v) is 10.1. The molecule has 7 N–H and O–H groups in total. The summed E-state index contributed by atoms with van der Waals surface area (Å²) in [7, 11) is 0. The minimum absolute atomic E-state index is 0.00512. The van der Waals surface area contributed by atoms with Gasteiger partial charge in [0.15, 0.2) is 0 Å². The SMILES string of the molecule is N=C(NCC(O)CO)c1c(O)nsc1Nc1ccc([C@H]2CC[C@H](O)CC2)cc1. The highest BCUT2D eigenvalue weighted by atomic mass is 32.1. The Hall–Kier alpha value is -2.20. The fourth-order valence-corrected chi connectivity index (χ4v) is 4.06. The molecule has 0 spiro atoms. The van der Waals surface area contributed by atoms with Crippen molar-refractivity contribution in [2.24, 2.45) is 0 Å². The average molecular weight is 407 g/mol. The summed E-state index contributed by atoms with van der Waals surface area (Å²) in [6, 6.07) is 8.03. The maximum Gasteiger partial charge on any atom is 0.236 e. The van der Waals surface area contributed by atoms with E-state index in [2.05, 4.69) is 27.1 Å². The Labute approximate surface area is 167 Å². The molecule has 1 aromatic heterocycles. The molecular formula is C19H26N4O4S. The van der Waals surface area contributed by atoms with Gasteiger partial charge in [0.05, 0.1) is 18.8 Å². The van der Waals surface area contributed by atoms with E-state index in [1.54, 1.807) is 0 Å². The zero-order valence-corrected chi connectivity index (χ0v) is 16.2. The average Bonchev–Trinajstić information content (AvgIpc) is 3.07. The van der Waals surface area contributed by atoms with Crippen LogP contribution in [0.1, 0.15) is 42.7 Å². The van der Waals surface area contributed by atoms with Crippen LogP contribution in [0.5, 0.6) is 5.88 Å². The van der Waals surface area contributed by atoms with E-state index in [-0.39, 0.29) is 29.9 Å². The molecule has 1 aromatic carbocycles. The minimum Gasteiger partial charge on any atom is -0.492 e. The van der Waals surface area contributed by atoms with Gasteiger partial charge in [0.1, 0.15) is 16.4 Å². The lowest BCUT2D eigenvalue weighted by molar-refractivity contribution is 0.0982. The number of hydrogen-bond acceptors (Lipinski definition) is 8. The van der Waals surface area contributed by atoms with Crippen molar-refractivity contribution < 1.29 is 20.4 Å². The molecule has 0 aliphatic heterocycles. The topological polar surface area (TPSA) is 142 Å². The van der Waals surface area contributed by atoms with Crippen molar-refractivity contribution >= 4 is 28.1 Å². The number of benzene rings is 1. The van der Waals surface area contributed by atoms with Crippen LogP contribution in [0.3, 0.4) is 0 Å². The van der Waals surface area contributed by atoms with E-state index in [4.69, 9.17) is 10.5 Å². The lowest BCUT2D eigenvalue weighted by Gasteiger charge is -2.25. The molecule has 0 bridgehead atoms. The molecule has 0 saturated heterocycles. The number of aromatic hydroxyl groups is 1. The summed E-state index contributed by atoms with van der Waals surface area (Å²) in [5.74, 6) is 0.121. The van der Waals surface area contributed by atoms with Crippen molar-refractivity contribution in [2.75, 3.05) is 18.5 Å². The summed E-state index contributed by atoms with van der Waals surface area (Å²) in [6.07, 6.45) is 2.51. The second kappa shape index (κ2) is 9.33. The molecule has 152 valence electrons. The summed E-state index contributed by atoms with van der Waals surface area (Å²) in [5.41, 5.74) is 2.28. The second-order valence-electron chi connectivity index (χ2n) is 7.06. The van der Waals surface area contributed by atoms with Crippen molar-refractivity contribution in [1.29, 1.82) is 5.41 Å². The van der Waals surface area contributed by atoms with Crippen molar-refractivity contribution in [3.63, 3.8) is 0 Å². The molecule has 3 rings (SSSR count). The molecule has 28 heavy (non-hydrogen) atoms. The number of nitrogens with one attached hydrogen (secondary N) is 3. The Bertz CT molecular complexity index is 788. The smallest absolute Gasteiger partial charge is 0.236 e. The van der Waals surface area contributed by atoms with Gasteiger partial charge in [-0.2, -0.15) is 4.37 Å². The number of rotatable bonds is 7. The van der Waals surface area contributed by atoms with Gasteiger partial charge in [-0.05, 0) is 60.8 Å². The minimum atomic E-state index is -0.987. The van der Waals surface area contributed by atoms with Gasteiger partial charge in [0.25, 0.3) is 0 Å². The van der Waals surface area contributed by atoms with Crippen LogP contribution in [0.4, 0.5) is 10.7 Å². The third-order valence-corrected chi connectivity index (χ3v) is 5.74. The molecule has 1 atom stereocenters. The molecule has 1 unspecified atom stereocenters. The highest BCUT2D eigenvalue weighted by Crippen LogP contribution is 2.35. The highest BCUT2D eigenvalue weighted by Gasteiger charge is 2.21. The zero-order chi connectivity index (χ0) is 20.1. The first-order valence-electron chi connectivity index (χ1n) is 9.33. The van der Waals surface area contributed by atoms with Crippen LogP contribution in [0.25, 0.3) is 0 Å². The quantitative estimate of drug-likeness (QED) is 0.275. The van der Waals surface area contributed by atoms with Crippen LogP contribution < -0.4 is 10.6 Å². The second-order valence-corrected chi connectivity index (χ2v) is 7.83. The first kappa shape index (κ1) is 20.5. The summed E-state index contributed by atoms with van der Waals surface area (Å²) >= 11 is 1.04. The van der Waals surface area contributed by atoms with E-state index in [1.165, 1.54) is 5.56 Å². The van der Waals surface area contributed by atoms with Gasteiger partial charge in [-0.3, -0.25) is 5.41 Å². The predicted octanol–water partition coefficient (Wildman–Crippen LogP) is 1.88. The van der Waals surface area contributed by atoms with Gasteiger partial charge in [0.2, 0.25) is 5.88 Å². The van der Waals surface area contributed by atoms with Gasteiger partial charge in [0, 0.05) is 12.2 Å². The normalized spacial score (nSPS) is 20.5. The van der Waals surface area contributed by atoms with E-state index in [0.29, 0.717) is 10.9 Å². The van der Waals surface area contributed by atoms with Crippen LogP contribution in [0.2, 0.25) is 0 Å². The van der Waals surface area contributed by atoms with Crippen LogP contribution in [0, 0.1) is 5.41 Å². The Kier molecular flexibility index (Phi) is 6.84. The summed E-state index contributed by atoms with van der Waals surface area (Å²) in [5, 5.41) is 52.4. The highest BCUT2D eigenvalue weighted by molar-refractivity contribution is 7.11. The summed E-state index contributed by atoms with van der Waals surface area (Å²) in [4.78, 5) is 0. The number of aromatic nitrogens is 1. The first-order chi connectivity index (χ1) is 13.5. The van der Waals surface area contributed by atoms with E-state index in [1.807, 2.05) is 12.1 Å². The molecule has 1 aliphatic carbocycles. The number of aliphatic hydroxyl groups is 3. The molecule has 0 amide bonds. The van der Waals surface area contributed by atoms with Crippen LogP contribution in [-0.2, 0) is 0 Å². The monoisotopic (exact) mass is 406 g/mol. The number of anilines is 2. The maximum atomic E-state index is 9.98. The Morgan fingerprint density at radius 3 is 2.54 bits per heavy atom. The van der Waals surface area contributed by atoms with Gasteiger partial charge in [-0.15, -0.1) is 0 Å². The van der Waals surface area contributed by atoms with E-state index in [9.17, 15) is 15.3 Å². The standard InChI is InChI=1S/C19H26N4O4S/c20-17(21-9-15(26)10-24)16-18(27)23-28-19(16)22-13-5-1-11(2-6-13)12-3-7-14(25)8-4-12/h1-2,5-6,12,14-15,22,24-26H,3-4,7-10H2,(H2,20,21)(H,23,27)/t12-,14-,15?. The lowest BCUT2D eigenvalue weighted by atomic mass is 9.83. The van der Waals surface area contributed by atoms with Crippen molar-refractivity contribution in [3.05, 3.63) is 35.4 Å². The Balaban J connectivity index is 1.66. The fraction of sp³-hybridized carbons (Fsp3) is 0.474. The lowest BCUT2D eigenvalue weighted by Crippen LogP contribution is -2.34. The molecule has 1 fully saturated rings. The molecule has 1 saturated carbocycles. The molecule has 0 radical (unpaired) electrons. The van der Waals surface area contributed by atoms with Crippen molar-refractivity contribution in [3.8, 4) is 5.88 Å². The van der Waals surface area contributed by atoms with Crippen LogP contribution >= 0.6 is 11.5 Å². The maximum absolute atomic E-state index is 9.98. The third kappa shape index (κ3) is 4.99. The number of hydrogen-bond donors (Lipinski definition) is 7. The molecule has 8 nitrogen and oxygen atoms in total. The zero-order valence-electron chi connectivity index (χ0n) is 15.4. The fourth-order valence-electron chi connectivity index (χ4n) is 3.34. The third-order valence-electron chi connectivity index (χ3n) is 4.99. The molecule has 2 aromatic rings. The number of amidine groups is 1. The van der Waals surface area contributed by atoms with Crippen molar-refractivity contribution in [2.45, 2.75) is 43.8 Å². The molecule has 1 heterocycles. The molecular weight excluding hydrogens is 380 g/mol. The Morgan fingerprint density at radius 1 is 1.21 bits per heavy atom. The van der Waals surface area contributed by atoms with E-state index in [0.717, 1.165) is 42.9 Å². The molecule has 9 heteroatoms. The predicted molar refractivity (Wildman–Crippen MR) is 109 cm³/mol. The van der Waals surface area contributed by atoms with Crippen LogP contribution in [0.15, 0.2) is 24.3 Å². The molecule has 1 aliphatic rings. The van der Waals surface area contributed by atoms with Gasteiger partial charge in [-0.25, -0.2) is 0 Å². The summed E-state index contributed by atoms with van der Waals surface area (Å²) < 4.78 is 3.90. The van der Waals surface area contributed by atoms with Gasteiger partial charge < -0.3 is 31.1 Å². The largest absolute Gasteiger partial charge is 0.492 e. The Morgan fingerprint density at radius 2 is 1.89 bits per heavy atom. The number of aliphatic hydroxyl groups excluding tert-OH is 3.